The number of rotatable bonds is 3. The lowest BCUT2D eigenvalue weighted by molar-refractivity contribution is -0.133. The smallest absolute Gasteiger partial charge is 0.306 e. The van der Waals surface area contributed by atoms with Crippen LogP contribution in [0, 0.1) is 12.7 Å². The van der Waals surface area contributed by atoms with E-state index in [0.717, 1.165) is 9.58 Å². The van der Waals surface area contributed by atoms with Crippen LogP contribution in [0.1, 0.15) is 11.3 Å². The molecule has 0 aliphatic carbocycles. The topological polar surface area (TPSA) is 102 Å². The first-order chi connectivity index (χ1) is 16.1. The Balaban J connectivity index is 1.51. The Hall–Kier alpha value is -4.15. The maximum atomic E-state index is 14.8. The molecule has 4 heterocycles. The van der Waals surface area contributed by atoms with Crippen LogP contribution in [0.3, 0.4) is 0 Å². The van der Waals surface area contributed by atoms with E-state index in [1.54, 1.807) is 25.3 Å². The number of anilines is 3. The number of hydrogen-bond acceptors (Lipinski definition) is 6. The number of nitrogen functional groups attached to an aromatic ring is 1. The minimum Gasteiger partial charge on any atom is -0.397 e. The summed E-state index contributed by atoms with van der Waals surface area (Å²) in [5.74, 6) is -3.71. The number of pyridine rings is 2. The van der Waals surface area contributed by atoms with E-state index in [4.69, 9.17) is 5.73 Å². The van der Waals surface area contributed by atoms with Crippen LogP contribution in [0.5, 0.6) is 0 Å². The molecule has 0 spiro atoms. The van der Waals surface area contributed by atoms with Crippen LogP contribution in [-0.2, 0) is 17.3 Å². The molecule has 34 heavy (non-hydrogen) atoms. The van der Waals surface area contributed by atoms with Gasteiger partial charge in [-0.1, -0.05) is 0 Å². The third-order valence-electron chi connectivity index (χ3n) is 5.91. The highest BCUT2D eigenvalue weighted by Crippen LogP contribution is 2.34. The summed E-state index contributed by atoms with van der Waals surface area (Å²) >= 11 is 0. The van der Waals surface area contributed by atoms with Crippen molar-refractivity contribution in [3.8, 4) is 11.1 Å². The van der Waals surface area contributed by atoms with E-state index < -0.39 is 24.2 Å². The van der Waals surface area contributed by atoms with E-state index in [-0.39, 0.29) is 18.1 Å². The van der Waals surface area contributed by atoms with Gasteiger partial charge in [0.1, 0.15) is 23.9 Å². The predicted molar refractivity (Wildman–Crippen MR) is 121 cm³/mol. The zero-order valence-corrected chi connectivity index (χ0v) is 18.3. The van der Waals surface area contributed by atoms with Gasteiger partial charge in [0.05, 0.1) is 18.4 Å². The molecule has 5 rings (SSSR count). The van der Waals surface area contributed by atoms with Crippen molar-refractivity contribution in [2.24, 2.45) is 0 Å². The molecule has 4 aromatic rings. The lowest BCUT2D eigenvalue weighted by atomic mass is 9.99. The Morgan fingerprint density at radius 2 is 1.85 bits per heavy atom. The molecule has 174 valence electrons. The van der Waals surface area contributed by atoms with Gasteiger partial charge >= 0.3 is 5.92 Å². The molecule has 0 saturated heterocycles. The Morgan fingerprint density at radius 1 is 1.06 bits per heavy atom. The number of likely N-dealkylation sites (N-methyl/N-ethyl adjacent to an activating group) is 1. The van der Waals surface area contributed by atoms with E-state index in [2.05, 4.69) is 20.4 Å². The van der Waals surface area contributed by atoms with Gasteiger partial charge in [-0.25, -0.2) is 9.37 Å². The molecular formula is C23H20F3N7O. The number of nitrogens with two attached hydrogens (primary N) is 1. The molecule has 0 unspecified atom stereocenters. The molecule has 3 aromatic heterocycles. The lowest BCUT2D eigenvalue weighted by Crippen LogP contribution is -2.34. The number of aromatic nitrogens is 4. The van der Waals surface area contributed by atoms with Crippen LogP contribution in [0.4, 0.5) is 30.5 Å². The SMILES string of the molecule is Cc1c(N)cncc1-c1cc2cc(Nc3cc4n(n3)CC(=O)N(C)CC4(F)F)ncc2cc1F. The lowest BCUT2D eigenvalue weighted by Gasteiger charge is -2.19. The monoisotopic (exact) mass is 467 g/mol. The summed E-state index contributed by atoms with van der Waals surface area (Å²) in [7, 11) is 1.33. The van der Waals surface area contributed by atoms with Crippen LogP contribution in [0.2, 0.25) is 0 Å². The van der Waals surface area contributed by atoms with Crippen LogP contribution in [-0.4, -0.2) is 44.1 Å². The van der Waals surface area contributed by atoms with Gasteiger partial charge in [-0.3, -0.25) is 14.5 Å². The van der Waals surface area contributed by atoms with Crippen molar-refractivity contribution in [1.82, 2.24) is 24.6 Å². The summed E-state index contributed by atoms with van der Waals surface area (Å²) in [4.78, 5) is 21.3. The normalized spacial score (nSPS) is 15.3. The summed E-state index contributed by atoms with van der Waals surface area (Å²) in [6.45, 7) is 0.777. The number of benzene rings is 1. The molecule has 0 saturated carbocycles. The molecule has 3 N–H and O–H groups in total. The number of carbonyl (C=O) groups excluding carboxylic acids is 1. The summed E-state index contributed by atoms with van der Waals surface area (Å²) in [6.07, 6.45) is 4.53. The third kappa shape index (κ3) is 3.68. The first-order valence-electron chi connectivity index (χ1n) is 10.4. The second kappa shape index (κ2) is 7.72. The molecule has 8 nitrogen and oxygen atoms in total. The van der Waals surface area contributed by atoms with Gasteiger partial charge in [0.25, 0.3) is 0 Å². The number of alkyl halides is 2. The fourth-order valence-corrected chi connectivity index (χ4v) is 3.99. The van der Waals surface area contributed by atoms with Crippen molar-refractivity contribution in [1.29, 1.82) is 0 Å². The molecule has 1 aliphatic heterocycles. The standard InChI is InChI=1S/C23H20F3N7O/c1-12-16(8-28-9-18(12)27)15-3-13-5-20(29-7-14(13)4-17(15)24)30-21-6-19-23(25,26)11-32(2)22(34)10-33(19)31-21/h3-9H,10-11,27H2,1-2H3,(H,29,30,31). The highest BCUT2D eigenvalue weighted by Gasteiger charge is 2.41. The van der Waals surface area contributed by atoms with Gasteiger partial charge in [-0.2, -0.15) is 13.9 Å². The Bertz CT molecular complexity index is 1450. The maximum absolute atomic E-state index is 14.8. The van der Waals surface area contributed by atoms with Crippen molar-refractivity contribution < 1.29 is 18.0 Å². The van der Waals surface area contributed by atoms with E-state index >= 15 is 0 Å². The Morgan fingerprint density at radius 3 is 2.65 bits per heavy atom. The van der Waals surface area contributed by atoms with Crippen LogP contribution >= 0.6 is 0 Å². The number of halogens is 3. The fourth-order valence-electron chi connectivity index (χ4n) is 3.99. The average molecular weight is 467 g/mol. The largest absolute Gasteiger partial charge is 0.397 e. The summed E-state index contributed by atoms with van der Waals surface area (Å²) in [5.41, 5.74) is 7.63. The van der Waals surface area contributed by atoms with E-state index in [0.29, 0.717) is 39.0 Å². The van der Waals surface area contributed by atoms with Gasteiger partial charge < -0.3 is 16.0 Å². The van der Waals surface area contributed by atoms with Crippen molar-refractivity contribution in [3.63, 3.8) is 0 Å². The van der Waals surface area contributed by atoms with Crippen LogP contribution < -0.4 is 11.1 Å². The number of nitrogens with zero attached hydrogens (tertiary/aromatic N) is 5. The zero-order chi connectivity index (χ0) is 24.2. The number of amides is 1. The van der Waals surface area contributed by atoms with Crippen LogP contribution in [0.15, 0.2) is 42.9 Å². The fraction of sp³-hybridized carbons (Fsp3) is 0.217. The van der Waals surface area contributed by atoms with Crippen molar-refractivity contribution in [2.45, 2.75) is 19.4 Å². The second-order valence-electron chi connectivity index (χ2n) is 8.30. The van der Waals surface area contributed by atoms with Gasteiger partial charge in [0.15, 0.2) is 5.82 Å². The van der Waals surface area contributed by atoms with E-state index in [1.807, 2.05) is 0 Å². The molecule has 11 heteroatoms. The Labute approximate surface area is 192 Å². The van der Waals surface area contributed by atoms with Gasteiger partial charge in [0.2, 0.25) is 5.91 Å². The number of carbonyl (C=O) groups is 1. The van der Waals surface area contributed by atoms with Crippen molar-refractivity contribution in [2.75, 3.05) is 24.6 Å². The van der Waals surface area contributed by atoms with Gasteiger partial charge in [-0.15, -0.1) is 0 Å². The first kappa shape index (κ1) is 21.7. The summed E-state index contributed by atoms with van der Waals surface area (Å²) in [6, 6.07) is 5.89. The molecular weight excluding hydrogens is 447 g/mol. The van der Waals surface area contributed by atoms with E-state index in [9.17, 15) is 18.0 Å². The minimum absolute atomic E-state index is 0.122. The number of fused-ring (bicyclic) bond motifs is 2. The predicted octanol–water partition coefficient (Wildman–Crippen LogP) is 3.83. The first-order valence-corrected chi connectivity index (χ1v) is 10.4. The molecule has 1 amide bonds. The summed E-state index contributed by atoms with van der Waals surface area (Å²) in [5, 5.41) is 8.25. The molecule has 0 atom stereocenters. The second-order valence-corrected chi connectivity index (χ2v) is 8.30. The quantitative estimate of drug-likeness (QED) is 0.475. The van der Waals surface area contributed by atoms with Gasteiger partial charge in [-0.05, 0) is 36.1 Å². The van der Waals surface area contributed by atoms with E-state index in [1.165, 1.54) is 31.6 Å². The minimum atomic E-state index is -3.25. The zero-order valence-electron chi connectivity index (χ0n) is 18.3. The highest BCUT2D eigenvalue weighted by molar-refractivity contribution is 5.90. The van der Waals surface area contributed by atoms with Crippen molar-refractivity contribution >= 4 is 34.0 Å². The molecule has 0 bridgehead atoms. The molecule has 0 fully saturated rings. The molecule has 0 radical (unpaired) electrons. The Kier molecular flexibility index (Phi) is 4.92. The van der Waals surface area contributed by atoms with Crippen LogP contribution in [0.25, 0.3) is 21.9 Å². The maximum Gasteiger partial charge on any atom is 0.306 e. The number of hydrogen-bond donors (Lipinski definition) is 2. The average Bonchev–Trinajstić information content (AvgIpc) is 3.15. The van der Waals surface area contributed by atoms with Crippen molar-refractivity contribution in [3.05, 3.63) is 59.9 Å². The molecule has 1 aliphatic rings. The molecule has 1 aromatic carbocycles. The highest BCUT2D eigenvalue weighted by atomic mass is 19.3. The number of nitrogens with one attached hydrogen (secondary N) is 1. The summed E-state index contributed by atoms with van der Waals surface area (Å²) < 4.78 is 45.0. The van der Waals surface area contributed by atoms with Gasteiger partial charge in [0, 0.05) is 42.0 Å². The third-order valence-corrected chi connectivity index (χ3v) is 5.91.